The van der Waals surface area contributed by atoms with Gasteiger partial charge in [0.1, 0.15) is 5.82 Å². The first-order chi connectivity index (χ1) is 8.22. The first-order valence-corrected chi connectivity index (χ1v) is 7.33. The zero-order valence-electron chi connectivity index (χ0n) is 10.1. The second-order valence-electron chi connectivity index (χ2n) is 5.34. The molecule has 1 aromatic carbocycles. The summed E-state index contributed by atoms with van der Waals surface area (Å²) in [6.45, 7) is 2.34. The van der Waals surface area contributed by atoms with Crippen LogP contribution in [0.3, 0.4) is 0 Å². The molecule has 0 radical (unpaired) electrons. The van der Waals surface area contributed by atoms with Crippen molar-refractivity contribution in [2.75, 3.05) is 5.32 Å². The fourth-order valence-corrected chi connectivity index (χ4v) is 4.19. The van der Waals surface area contributed by atoms with Crippen LogP contribution in [0.1, 0.15) is 32.6 Å². The Morgan fingerprint density at radius 1 is 1.24 bits per heavy atom. The monoisotopic (exact) mass is 251 g/mol. The molecule has 2 aliphatic rings. The quantitative estimate of drug-likeness (QED) is 0.789. The van der Waals surface area contributed by atoms with E-state index >= 15 is 0 Å². The summed E-state index contributed by atoms with van der Waals surface area (Å²) in [5.74, 6) is 1.50. The minimum atomic E-state index is -0.129. The molecule has 1 heterocycles. The van der Waals surface area contributed by atoms with E-state index in [2.05, 4.69) is 12.2 Å². The van der Waals surface area contributed by atoms with Crippen molar-refractivity contribution in [3.8, 4) is 0 Å². The molecule has 1 N–H and O–H groups in total. The van der Waals surface area contributed by atoms with E-state index in [4.69, 9.17) is 0 Å². The van der Waals surface area contributed by atoms with Crippen molar-refractivity contribution in [2.45, 2.75) is 42.9 Å². The number of anilines is 1. The lowest BCUT2D eigenvalue weighted by Gasteiger charge is -2.30. The topological polar surface area (TPSA) is 12.0 Å². The van der Waals surface area contributed by atoms with E-state index in [1.54, 1.807) is 17.8 Å². The van der Waals surface area contributed by atoms with Crippen molar-refractivity contribution < 1.29 is 4.39 Å². The van der Waals surface area contributed by atoms with Crippen molar-refractivity contribution in [1.82, 2.24) is 0 Å². The summed E-state index contributed by atoms with van der Waals surface area (Å²) in [4.78, 5) is 1.08. The van der Waals surface area contributed by atoms with E-state index in [1.807, 2.05) is 6.07 Å². The van der Waals surface area contributed by atoms with Crippen LogP contribution >= 0.6 is 11.8 Å². The van der Waals surface area contributed by atoms with Crippen LogP contribution in [0.4, 0.5) is 10.1 Å². The van der Waals surface area contributed by atoms with E-state index in [9.17, 15) is 4.39 Å². The highest BCUT2D eigenvalue weighted by atomic mass is 32.2. The molecule has 1 aromatic rings. The largest absolute Gasteiger partial charge is 0.372 e. The molecule has 3 rings (SSSR count). The maximum absolute atomic E-state index is 13.1. The molecule has 1 aliphatic heterocycles. The van der Waals surface area contributed by atoms with Gasteiger partial charge in [0.2, 0.25) is 0 Å². The predicted octanol–water partition coefficient (Wildman–Crippen LogP) is 4.50. The Hall–Kier alpha value is -0.700. The van der Waals surface area contributed by atoms with E-state index < -0.39 is 0 Å². The van der Waals surface area contributed by atoms with Crippen LogP contribution < -0.4 is 5.32 Å². The average Bonchev–Trinajstić information content (AvgIpc) is 2.72. The van der Waals surface area contributed by atoms with Crippen molar-refractivity contribution in [1.29, 1.82) is 0 Å². The lowest BCUT2D eigenvalue weighted by atomic mass is 9.83. The molecule has 0 aromatic heterocycles. The summed E-state index contributed by atoms with van der Waals surface area (Å²) in [7, 11) is 0. The molecule has 0 bridgehead atoms. The molecule has 1 unspecified atom stereocenters. The van der Waals surface area contributed by atoms with Crippen molar-refractivity contribution >= 4 is 17.4 Å². The van der Waals surface area contributed by atoms with Crippen LogP contribution in [-0.2, 0) is 0 Å². The minimum Gasteiger partial charge on any atom is -0.372 e. The van der Waals surface area contributed by atoms with Crippen LogP contribution in [0.5, 0.6) is 0 Å². The number of thioether (sulfide) groups is 1. The summed E-state index contributed by atoms with van der Waals surface area (Å²) >= 11 is 1.81. The van der Waals surface area contributed by atoms with Crippen LogP contribution in [0, 0.1) is 17.7 Å². The molecule has 92 valence electrons. The average molecular weight is 251 g/mol. The van der Waals surface area contributed by atoms with Crippen molar-refractivity contribution in [3.05, 3.63) is 24.0 Å². The third-order valence-electron chi connectivity index (χ3n) is 3.98. The van der Waals surface area contributed by atoms with Gasteiger partial charge in [0.15, 0.2) is 0 Å². The molecule has 1 saturated carbocycles. The van der Waals surface area contributed by atoms with Gasteiger partial charge in [0.25, 0.3) is 0 Å². The highest BCUT2D eigenvalue weighted by molar-refractivity contribution is 8.00. The van der Waals surface area contributed by atoms with Gasteiger partial charge in [-0.05, 0) is 42.9 Å². The molecule has 0 amide bonds. The third-order valence-corrected chi connectivity index (χ3v) is 5.33. The number of hydrogen-bond acceptors (Lipinski definition) is 2. The Morgan fingerprint density at radius 2 is 2.00 bits per heavy atom. The number of rotatable bonds is 1. The molecule has 17 heavy (non-hydrogen) atoms. The summed E-state index contributed by atoms with van der Waals surface area (Å²) in [5, 5.41) is 4.00. The number of nitrogens with one attached hydrogen (secondary N) is 1. The first kappa shape index (κ1) is 11.4. The van der Waals surface area contributed by atoms with Gasteiger partial charge in [-0.15, -0.1) is 0 Å². The fraction of sp³-hybridized carbons (Fsp3) is 0.571. The SMILES string of the molecule is CC1CCC(C2Nc3ccc(F)cc3S2)CC1. The van der Waals surface area contributed by atoms with Crippen LogP contribution in [0.15, 0.2) is 23.1 Å². The number of benzene rings is 1. The summed E-state index contributed by atoms with van der Waals surface area (Å²) < 4.78 is 13.1. The van der Waals surface area contributed by atoms with Gasteiger partial charge in [-0.3, -0.25) is 0 Å². The van der Waals surface area contributed by atoms with E-state index in [-0.39, 0.29) is 5.82 Å². The molecule has 0 spiro atoms. The fourth-order valence-electron chi connectivity index (χ4n) is 2.84. The zero-order chi connectivity index (χ0) is 11.8. The van der Waals surface area contributed by atoms with Crippen molar-refractivity contribution in [3.63, 3.8) is 0 Å². The minimum absolute atomic E-state index is 0.129. The molecular weight excluding hydrogens is 233 g/mol. The maximum Gasteiger partial charge on any atom is 0.124 e. The normalized spacial score (nSPS) is 32.0. The third kappa shape index (κ3) is 2.30. The molecule has 1 fully saturated rings. The predicted molar refractivity (Wildman–Crippen MR) is 70.8 cm³/mol. The highest BCUT2D eigenvalue weighted by Crippen LogP contribution is 2.45. The van der Waals surface area contributed by atoms with E-state index in [1.165, 1.54) is 31.7 Å². The molecule has 3 heteroatoms. The van der Waals surface area contributed by atoms with Gasteiger partial charge in [-0.25, -0.2) is 4.39 Å². The molecular formula is C14H18FNS. The van der Waals surface area contributed by atoms with Gasteiger partial charge in [0, 0.05) is 10.6 Å². The van der Waals surface area contributed by atoms with E-state index in [0.717, 1.165) is 22.4 Å². The Labute approximate surface area is 106 Å². The number of hydrogen-bond donors (Lipinski definition) is 1. The number of fused-ring (bicyclic) bond motifs is 1. The van der Waals surface area contributed by atoms with Gasteiger partial charge >= 0.3 is 0 Å². The maximum atomic E-state index is 13.1. The van der Waals surface area contributed by atoms with Gasteiger partial charge in [0.05, 0.1) is 5.37 Å². The smallest absolute Gasteiger partial charge is 0.124 e. The van der Waals surface area contributed by atoms with Gasteiger partial charge < -0.3 is 5.32 Å². The van der Waals surface area contributed by atoms with Gasteiger partial charge in [-0.2, -0.15) is 0 Å². The first-order valence-electron chi connectivity index (χ1n) is 6.45. The Bertz CT molecular complexity index is 413. The number of halogens is 1. The van der Waals surface area contributed by atoms with Crippen LogP contribution in [0.25, 0.3) is 0 Å². The second kappa shape index (κ2) is 4.52. The Morgan fingerprint density at radius 3 is 2.76 bits per heavy atom. The summed E-state index contributed by atoms with van der Waals surface area (Å²) in [6, 6.07) is 5.05. The van der Waals surface area contributed by atoms with E-state index in [0.29, 0.717) is 5.37 Å². The molecule has 1 atom stereocenters. The summed E-state index contributed by atoms with van der Waals surface area (Å²) in [6.07, 6.45) is 5.30. The van der Waals surface area contributed by atoms with Crippen molar-refractivity contribution in [2.24, 2.45) is 11.8 Å². The molecule has 1 aliphatic carbocycles. The Kier molecular flexibility index (Phi) is 3.03. The van der Waals surface area contributed by atoms with Gasteiger partial charge in [-0.1, -0.05) is 31.5 Å². The Balaban J connectivity index is 1.69. The molecule has 1 nitrogen and oxygen atoms in total. The second-order valence-corrected chi connectivity index (χ2v) is 6.53. The lowest BCUT2D eigenvalue weighted by molar-refractivity contribution is 0.292. The highest BCUT2D eigenvalue weighted by Gasteiger charge is 2.31. The zero-order valence-corrected chi connectivity index (χ0v) is 10.9. The standard InChI is InChI=1S/C14H18FNS/c1-9-2-4-10(5-3-9)14-16-12-7-6-11(15)8-13(12)17-14/h6-10,14,16H,2-5H2,1H3. The summed E-state index contributed by atoms with van der Waals surface area (Å²) in [5.41, 5.74) is 1.11. The molecule has 0 saturated heterocycles. The van der Waals surface area contributed by atoms with Crippen LogP contribution in [-0.4, -0.2) is 5.37 Å². The lowest BCUT2D eigenvalue weighted by Crippen LogP contribution is -2.26. The van der Waals surface area contributed by atoms with Crippen LogP contribution in [0.2, 0.25) is 0 Å².